The summed E-state index contributed by atoms with van der Waals surface area (Å²) in [7, 11) is 1.56. The van der Waals surface area contributed by atoms with Crippen molar-refractivity contribution < 1.29 is 14.1 Å². The van der Waals surface area contributed by atoms with Crippen LogP contribution in [0.1, 0.15) is 22.2 Å². The lowest BCUT2D eigenvalue weighted by Gasteiger charge is -2.37. The second-order valence-electron chi connectivity index (χ2n) is 5.78. The molecule has 7 heteroatoms. The molecule has 4 rings (SSSR count). The van der Waals surface area contributed by atoms with Crippen LogP contribution >= 0.6 is 0 Å². The fraction of sp³-hybridized carbons (Fsp3) is 0.222. The van der Waals surface area contributed by atoms with Crippen molar-refractivity contribution in [3.63, 3.8) is 0 Å². The molecule has 3 heterocycles. The number of pyridine rings is 1. The quantitative estimate of drug-likeness (QED) is 0.727. The molecule has 1 aliphatic rings. The van der Waals surface area contributed by atoms with E-state index < -0.39 is 0 Å². The van der Waals surface area contributed by atoms with Gasteiger partial charge in [0.2, 0.25) is 11.7 Å². The van der Waals surface area contributed by atoms with Crippen LogP contribution in [0.4, 0.5) is 0 Å². The summed E-state index contributed by atoms with van der Waals surface area (Å²) in [6.07, 6.45) is 1.68. The number of carbonyl (C=O) groups excluding carboxylic acids is 1. The number of para-hydroxylation sites is 1. The molecule has 1 aliphatic heterocycles. The van der Waals surface area contributed by atoms with Crippen molar-refractivity contribution >= 4 is 5.91 Å². The van der Waals surface area contributed by atoms with Crippen LogP contribution in [-0.4, -0.2) is 46.1 Å². The Balaban J connectivity index is 1.44. The van der Waals surface area contributed by atoms with Gasteiger partial charge in [-0.2, -0.15) is 4.98 Å². The molecule has 3 aromatic rings. The lowest BCUT2D eigenvalue weighted by Crippen LogP contribution is -2.48. The van der Waals surface area contributed by atoms with Crippen LogP contribution in [-0.2, 0) is 0 Å². The molecule has 0 bridgehead atoms. The lowest BCUT2D eigenvalue weighted by molar-refractivity contribution is 0.0566. The number of likely N-dealkylation sites (tertiary alicyclic amines) is 1. The number of nitrogens with zero attached hydrogens (tertiary/aromatic N) is 4. The highest BCUT2D eigenvalue weighted by Crippen LogP contribution is 2.30. The van der Waals surface area contributed by atoms with E-state index in [1.165, 1.54) is 0 Å². The fourth-order valence-electron chi connectivity index (χ4n) is 2.79. The third-order valence-electron chi connectivity index (χ3n) is 4.19. The SMILES string of the molecule is COc1ccccc1C(=O)N1CC(c2nc(-c3ccccn3)no2)C1. The molecule has 0 unspecified atom stereocenters. The fourth-order valence-corrected chi connectivity index (χ4v) is 2.79. The molecule has 7 nitrogen and oxygen atoms in total. The lowest BCUT2D eigenvalue weighted by atomic mass is 9.98. The molecule has 25 heavy (non-hydrogen) atoms. The standard InChI is InChI=1S/C18H16N4O3/c1-24-15-8-3-2-6-13(15)18(23)22-10-12(11-22)17-20-16(21-25-17)14-7-4-5-9-19-14/h2-9,12H,10-11H2,1H3. The third-order valence-corrected chi connectivity index (χ3v) is 4.19. The summed E-state index contributed by atoms with van der Waals surface area (Å²) in [6.45, 7) is 1.08. The number of amides is 1. The molecular weight excluding hydrogens is 320 g/mol. The van der Waals surface area contributed by atoms with Crippen LogP contribution in [0.2, 0.25) is 0 Å². The van der Waals surface area contributed by atoms with E-state index in [9.17, 15) is 4.79 Å². The molecule has 0 radical (unpaired) electrons. The minimum Gasteiger partial charge on any atom is -0.496 e. The molecule has 0 N–H and O–H groups in total. The number of benzene rings is 1. The Morgan fingerprint density at radius 1 is 1.20 bits per heavy atom. The van der Waals surface area contributed by atoms with Crippen LogP contribution in [0.3, 0.4) is 0 Å². The zero-order chi connectivity index (χ0) is 17.2. The summed E-state index contributed by atoms with van der Waals surface area (Å²) in [6, 6.07) is 12.7. The van der Waals surface area contributed by atoms with Crippen LogP contribution in [0.5, 0.6) is 5.75 Å². The number of aromatic nitrogens is 3. The Kier molecular flexibility index (Phi) is 3.89. The summed E-state index contributed by atoms with van der Waals surface area (Å²) >= 11 is 0. The normalized spacial score (nSPS) is 14.2. The van der Waals surface area contributed by atoms with Crippen molar-refractivity contribution in [2.75, 3.05) is 20.2 Å². The highest BCUT2D eigenvalue weighted by Gasteiger charge is 2.36. The molecule has 2 aromatic heterocycles. The first kappa shape index (κ1) is 15.3. The first-order chi connectivity index (χ1) is 12.3. The molecular formula is C18H16N4O3. The predicted octanol–water partition coefficient (Wildman–Crippen LogP) is 2.38. The van der Waals surface area contributed by atoms with Gasteiger partial charge in [0.15, 0.2) is 0 Å². The number of methoxy groups -OCH3 is 1. The van der Waals surface area contributed by atoms with E-state index >= 15 is 0 Å². The smallest absolute Gasteiger partial charge is 0.257 e. The van der Waals surface area contributed by atoms with Gasteiger partial charge in [0.1, 0.15) is 11.4 Å². The summed E-state index contributed by atoms with van der Waals surface area (Å²) in [5, 5.41) is 3.97. The maximum atomic E-state index is 12.6. The largest absolute Gasteiger partial charge is 0.496 e. The van der Waals surface area contributed by atoms with Gasteiger partial charge in [0.05, 0.1) is 18.6 Å². The van der Waals surface area contributed by atoms with Gasteiger partial charge in [-0.25, -0.2) is 0 Å². The topological polar surface area (TPSA) is 81.4 Å². The van der Waals surface area contributed by atoms with Crippen LogP contribution in [0.15, 0.2) is 53.2 Å². The van der Waals surface area contributed by atoms with Gasteiger partial charge in [0.25, 0.3) is 5.91 Å². The maximum Gasteiger partial charge on any atom is 0.257 e. The van der Waals surface area contributed by atoms with Crippen molar-refractivity contribution in [1.29, 1.82) is 0 Å². The average Bonchev–Trinajstić information content (AvgIpc) is 3.10. The molecule has 0 atom stereocenters. The predicted molar refractivity (Wildman–Crippen MR) is 89.2 cm³/mol. The maximum absolute atomic E-state index is 12.6. The van der Waals surface area contributed by atoms with Crippen LogP contribution < -0.4 is 4.74 Å². The average molecular weight is 336 g/mol. The van der Waals surface area contributed by atoms with Crippen molar-refractivity contribution in [2.45, 2.75) is 5.92 Å². The summed E-state index contributed by atoms with van der Waals surface area (Å²) < 4.78 is 10.6. The van der Waals surface area contributed by atoms with E-state index in [2.05, 4.69) is 15.1 Å². The van der Waals surface area contributed by atoms with Gasteiger partial charge in [0, 0.05) is 19.3 Å². The van der Waals surface area contributed by atoms with Crippen molar-refractivity contribution in [2.24, 2.45) is 0 Å². The molecule has 1 fully saturated rings. The molecule has 1 amide bonds. The highest BCUT2D eigenvalue weighted by molar-refractivity contribution is 5.97. The zero-order valence-electron chi connectivity index (χ0n) is 13.6. The Morgan fingerprint density at radius 2 is 2.00 bits per heavy atom. The number of rotatable bonds is 4. The number of hydrogen-bond acceptors (Lipinski definition) is 6. The number of carbonyl (C=O) groups is 1. The van der Waals surface area contributed by atoms with Crippen LogP contribution in [0.25, 0.3) is 11.5 Å². The molecule has 0 aliphatic carbocycles. The first-order valence-corrected chi connectivity index (χ1v) is 7.93. The third kappa shape index (κ3) is 2.84. The first-order valence-electron chi connectivity index (χ1n) is 7.93. The van der Waals surface area contributed by atoms with Gasteiger partial charge >= 0.3 is 0 Å². The van der Waals surface area contributed by atoms with E-state index in [-0.39, 0.29) is 11.8 Å². The summed E-state index contributed by atoms with van der Waals surface area (Å²) in [4.78, 5) is 22.9. The Hall–Kier alpha value is -3.22. The van der Waals surface area contributed by atoms with Crippen molar-refractivity contribution in [3.8, 4) is 17.3 Å². The van der Waals surface area contributed by atoms with E-state index in [0.717, 1.165) is 0 Å². The number of hydrogen-bond donors (Lipinski definition) is 0. The van der Waals surface area contributed by atoms with Crippen molar-refractivity contribution in [1.82, 2.24) is 20.0 Å². The van der Waals surface area contributed by atoms with Crippen molar-refractivity contribution in [3.05, 3.63) is 60.1 Å². The monoisotopic (exact) mass is 336 g/mol. The van der Waals surface area contributed by atoms with Crippen LogP contribution in [0, 0.1) is 0 Å². The van der Waals surface area contributed by atoms with Gasteiger partial charge in [-0.1, -0.05) is 23.4 Å². The summed E-state index contributed by atoms with van der Waals surface area (Å²) in [5.74, 6) is 1.56. The minimum atomic E-state index is -0.0573. The Bertz CT molecular complexity index is 888. The van der Waals surface area contributed by atoms with Gasteiger partial charge < -0.3 is 14.2 Å². The molecule has 1 saturated heterocycles. The van der Waals surface area contributed by atoms with E-state index in [1.807, 2.05) is 30.3 Å². The van der Waals surface area contributed by atoms with E-state index in [1.54, 1.807) is 30.3 Å². The molecule has 1 aromatic carbocycles. The molecule has 126 valence electrons. The van der Waals surface area contributed by atoms with E-state index in [0.29, 0.717) is 41.8 Å². The Labute approximate surface area is 144 Å². The zero-order valence-corrected chi connectivity index (χ0v) is 13.6. The highest BCUT2D eigenvalue weighted by atomic mass is 16.5. The van der Waals surface area contributed by atoms with Gasteiger partial charge in [-0.3, -0.25) is 9.78 Å². The second-order valence-corrected chi connectivity index (χ2v) is 5.78. The molecule has 0 saturated carbocycles. The van der Waals surface area contributed by atoms with Gasteiger partial charge in [-0.15, -0.1) is 0 Å². The van der Waals surface area contributed by atoms with E-state index in [4.69, 9.17) is 9.26 Å². The summed E-state index contributed by atoms with van der Waals surface area (Å²) in [5.41, 5.74) is 1.22. The Morgan fingerprint density at radius 3 is 2.76 bits per heavy atom. The molecule has 0 spiro atoms. The van der Waals surface area contributed by atoms with Gasteiger partial charge in [-0.05, 0) is 24.3 Å². The second kappa shape index (κ2) is 6.35. The number of ether oxygens (including phenoxy) is 1. The minimum absolute atomic E-state index is 0.0450.